The Kier molecular flexibility index (Phi) is 4.20. The molecule has 110 valence electrons. The molecule has 1 aromatic rings. The van der Waals surface area contributed by atoms with Crippen molar-refractivity contribution in [2.75, 3.05) is 11.9 Å². The molecule has 0 unspecified atom stereocenters. The average Bonchev–Trinajstić information content (AvgIpc) is 3.16. The zero-order valence-electron chi connectivity index (χ0n) is 11.4. The summed E-state index contributed by atoms with van der Waals surface area (Å²) in [7, 11) is 0. The van der Waals surface area contributed by atoms with Crippen LogP contribution in [0.3, 0.4) is 0 Å². The minimum atomic E-state index is -2.72. The van der Waals surface area contributed by atoms with E-state index in [4.69, 9.17) is 0 Å². The third kappa shape index (κ3) is 3.23. The number of hydrogen-bond donors (Lipinski definition) is 1. The highest BCUT2D eigenvalue weighted by Crippen LogP contribution is 2.49. The van der Waals surface area contributed by atoms with Gasteiger partial charge in [0, 0.05) is 29.9 Å². The minimum absolute atomic E-state index is 0.232. The first-order chi connectivity index (χ1) is 9.47. The number of nitro benzene ring substituents is 1. The predicted octanol–water partition coefficient (Wildman–Crippen LogP) is 4.52. The van der Waals surface area contributed by atoms with E-state index in [0.29, 0.717) is 12.2 Å². The summed E-state index contributed by atoms with van der Waals surface area (Å²) in [6.07, 6.45) is 1.66. The van der Waals surface area contributed by atoms with Crippen molar-refractivity contribution < 1.29 is 13.7 Å². The molecular formula is C14H18F2N2O2. The summed E-state index contributed by atoms with van der Waals surface area (Å²) in [4.78, 5) is 9.98. The lowest BCUT2D eigenvalue weighted by Crippen LogP contribution is -2.16. The fourth-order valence-electron chi connectivity index (χ4n) is 2.51. The van der Waals surface area contributed by atoms with Crippen molar-refractivity contribution >= 4 is 11.4 Å². The van der Waals surface area contributed by atoms with Crippen LogP contribution in [0.4, 0.5) is 20.2 Å². The maximum Gasteiger partial charge on any atom is 0.270 e. The molecule has 1 aliphatic rings. The van der Waals surface area contributed by atoms with Crippen LogP contribution in [0.2, 0.25) is 0 Å². The van der Waals surface area contributed by atoms with Crippen molar-refractivity contribution in [1.82, 2.24) is 0 Å². The summed E-state index contributed by atoms with van der Waals surface area (Å²) >= 11 is 0. The van der Waals surface area contributed by atoms with Crippen molar-refractivity contribution in [2.24, 2.45) is 5.41 Å². The normalized spacial score (nSPS) is 16.2. The zero-order valence-corrected chi connectivity index (χ0v) is 11.4. The number of benzene rings is 1. The molecule has 2 rings (SSSR count). The van der Waals surface area contributed by atoms with Crippen molar-refractivity contribution in [3.63, 3.8) is 0 Å². The lowest BCUT2D eigenvalue weighted by Gasteiger charge is -2.17. The Morgan fingerprint density at radius 2 is 2.15 bits per heavy atom. The van der Waals surface area contributed by atoms with Gasteiger partial charge in [-0.1, -0.05) is 13.3 Å². The highest BCUT2D eigenvalue weighted by molar-refractivity contribution is 5.56. The van der Waals surface area contributed by atoms with Gasteiger partial charge in [0.1, 0.15) is 0 Å². The summed E-state index contributed by atoms with van der Waals surface area (Å²) < 4.78 is 26.0. The van der Waals surface area contributed by atoms with Gasteiger partial charge in [-0.2, -0.15) is 0 Å². The molecule has 0 amide bonds. The molecule has 0 bridgehead atoms. The fraction of sp³-hybridized carbons (Fsp3) is 0.571. The smallest absolute Gasteiger partial charge is 0.270 e. The molecule has 1 aliphatic carbocycles. The second-order valence-corrected chi connectivity index (χ2v) is 5.43. The number of nitrogens with zero attached hydrogens (tertiary/aromatic N) is 1. The number of anilines is 1. The molecule has 0 saturated heterocycles. The largest absolute Gasteiger partial charge is 0.384 e. The van der Waals surface area contributed by atoms with Crippen LogP contribution in [-0.2, 0) is 0 Å². The van der Waals surface area contributed by atoms with Crippen molar-refractivity contribution in [3.8, 4) is 0 Å². The fourth-order valence-corrected chi connectivity index (χ4v) is 2.51. The van der Waals surface area contributed by atoms with Gasteiger partial charge in [-0.25, -0.2) is 8.78 Å². The van der Waals surface area contributed by atoms with E-state index in [0.717, 1.165) is 31.7 Å². The summed E-state index contributed by atoms with van der Waals surface area (Å²) in [5.74, 6) is 0. The number of alkyl halides is 2. The molecule has 0 aromatic heterocycles. The van der Waals surface area contributed by atoms with Crippen LogP contribution in [0.5, 0.6) is 0 Å². The molecule has 0 atom stereocenters. The molecule has 0 aliphatic heterocycles. The van der Waals surface area contributed by atoms with Crippen LogP contribution in [-0.4, -0.2) is 11.5 Å². The van der Waals surface area contributed by atoms with Gasteiger partial charge < -0.3 is 5.32 Å². The van der Waals surface area contributed by atoms with E-state index in [1.165, 1.54) is 12.1 Å². The molecule has 1 aromatic carbocycles. The van der Waals surface area contributed by atoms with Crippen LogP contribution in [0, 0.1) is 15.5 Å². The first kappa shape index (κ1) is 14.7. The third-order valence-corrected chi connectivity index (χ3v) is 3.87. The van der Waals surface area contributed by atoms with Crippen LogP contribution in [0.15, 0.2) is 18.2 Å². The molecule has 20 heavy (non-hydrogen) atoms. The average molecular weight is 284 g/mol. The Morgan fingerprint density at radius 3 is 2.65 bits per heavy atom. The van der Waals surface area contributed by atoms with E-state index >= 15 is 0 Å². The molecule has 6 heteroatoms. The Hall–Kier alpha value is -1.72. The summed E-state index contributed by atoms with van der Waals surface area (Å²) in [6.45, 7) is 2.76. The highest BCUT2D eigenvalue weighted by Gasteiger charge is 2.41. The lowest BCUT2D eigenvalue weighted by molar-refractivity contribution is -0.385. The molecule has 1 saturated carbocycles. The van der Waals surface area contributed by atoms with Gasteiger partial charge in [-0.15, -0.1) is 0 Å². The van der Waals surface area contributed by atoms with E-state index in [1.54, 1.807) is 0 Å². The van der Waals surface area contributed by atoms with Crippen LogP contribution in [0.1, 0.15) is 44.6 Å². The van der Waals surface area contributed by atoms with E-state index in [9.17, 15) is 18.9 Å². The molecule has 1 fully saturated rings. The van der Waals surface area contributed by atoms with E-state index < -0.39 is 11.3 Å². The second-order valence-electron chi connectivity index (χ2n) is 5.43. The van der Waals surface area contributed by atoms with Gasteiger partial charge in [0.15, 0.2) is 0 Å². The van der Waals surface area contributed by atoms with Gasteiger partial charge >= 0.3 is 0 Å². The first-order valence-corrected chi connectivity index (χ1v) is 6.78. The van der Waals surface area contributed by atoms with Crippen LogP contribution < -0.4 is 5.32 Å². The van der Waals surface area contributed by atoms with Crippen molar-refractivity contribution in [2.45, 2.75) is 39.0 Å². The van der Waals surface area contributed by atoms with Crippen molar-refractivity contribution in [1.29, 1.82) is 0 Å². The summed E-state index contributed by atoms with van der Waals surface area (Å²) in [5, 5.41) is 13.7. The zero-order chi connectivity index (χ0) is 14.8. The van der Waals surface area contributed by atoms with Gasteiger partial charge in [-0.3, -0.25) is 10.1 Å². The van der Waals surface area contributed by atoms with E-state index in [1.807, 2.05) is 0 Å². The van der Waals surface area contributed by atoms with Crippen LogP contribution >= 0.6 is 0 Å². The van der Waals surface area contributed by atoms with Crippen molar-refractivity contribution in [3.05, 3.63) is 33.9 Å². The monoisotopic (exact) mass is 284 g/mol. The maximum atomic E-state index is 13.0. The van der Waals surface area contributed by atoms with Gasteiger partial charge in [0.25, 0.3) is 12.1 Å². The molecule has 4 nitrogen and oxygen atoms in total. The Bertz CT molecular complexity index is 502. The first-order valence-electron chi connectivity index (χ1n) is 6.78. The quantitative estimate of drug-likeness (QED) is 0.591. The molecular weight excluding hydrogens is 266 g/mol. The second kappa shape index (κ2) is 5.73. The Morgan fingerprint density at radius 1 is 1.45 bits per heavy atom. The molecule has 0 heterocycles. The Balaban J connectivity index is 2.12. The topological polar surface area (TPSA) is 55.2 Å². The van der Waals surface area contributed by atoms with Gasteiger partial charge in [0.05, 0.1) is 4.92 Å². The summed E-state index contributed by atoms with van der Waals surface area (Å²) in [5.41, 5.74) is -0.0735. The minimum Gasteiger partial charge on any atom is -0.384 e. The number of non-ortho nitro benzene ring substituents is 1. The van der Waals surface area contributed by atoms with Crippen LogP contribution in [0.25, 0.3) is 0 Å². The number of nitrogens with one attached hydrogen (secondary N) is 1. The third-order valence-electron chi connectivity index (χ3n) is 3.87. The van der Waals surface area contributed by atoms with E-state index in [2.05, 4.69) is 12.2 Å². The standard InChI is InChI=1S/C14H18F2N2O2/c1-2-5-14(6-7-14)9-17-12-4-3-10(18(19)20)8-11(12)13(15)16/h3-4,8,13,17H,2,5-7,9H2,1H3. The summed E-state index contributed by atoms with van der Waals surface area (Å²) in [6, 6.07) is 3.58. The maximum absolute atomic E-state index is 13.0. The Labute approximate surface area is 116 Å². The van der Waals surface area contributed by atoms with E-state index in [-0.39, 0.29) is 16.7 Å². The SMILES string of the molecule is CCCC1(CNc2ccc([N+](=O)[O-])cc2C(F)F)CC1. The lowest BCUT2D eigenvalue weighted by atomic mass is 10.0. The molecule has 0 spiro atoms. The predicted molar refractivity (Wildman–Crippen MR) is 73.1 cm³/mol. The number of hydrogen-bond acceptors (Lipinski definition) is 3. The number of rotatable bonds is 7. The highest BCUT2D eigenvalue weighted by atomic mass is 19.3. The number of halogens is 2. The number of nitro groups is 1. The molecule has 1 N–H and O–H groups in total. The van der Waals surface area contributed by atoms with Gasteiger partial charge in [0.2, 0.25) is 0 Å². The molecule has 0 radical (unpaired) electrons. The van der Waals surface area contributed by atoms with Gasteiger partial charge in [-0.05, 0) is 30.7 Å².